The van der Waals surface area contributed by atoms with E-state index in [1.165, 1.54) is 38.5 Å². The third kappa shape index (κ3) is 4.13. The van der Waals surface area contributed by atoms with Crippen molar-refractivity contribution >= 4 is 17.5 Å². The summed E-state index contributed by atoms with van der Waals surface area (Å²) in [5, 5.41) is 7.14. The first-order valence-corrected chi connectivity index (χ1v) is 9.30. The quantitative estimate of drug-likeness (QED) is 0.786. The predicted octanol–water partition coefficient (Wildman–Crippen LogP) is 3.07. The Hall–Kier alpha value is -0.280. The molecule has 1 amide bonds. The number of amides is 1. The smallest absolute Gasteiger partial charge is 0.220 e. The third-order valence-electron chi connectivity index (χ3n) is 5.79. The zero-order chi connectivity index (χ0) is 14.7. The van der Waals surface area contributed by atoms with Crippen molar-refractivity contribution in [3.63, 3.8) is 0 Å². The van der Waals surface area contributed by atoms with E-state index in [2.05, 4.69) is 10.6 Å². The number of hydrogen-bond acceptors (Lipinski definition) is 2. The van der Waals surface area contributed by atoms with Crippen LogP contribution in [-0.4, -0.2) is 30.4 Å². The number of carbonyl (C=O) groups excluding carboxylic acids is 1. The van der Waals surface area contributed by atoms with Crippen LogP contribution < -0.4 is 10.6 Å². The lowest BCUT2D eigenvalue weighted by atomic mass is 9.73. The van der Waals surface area contributed by atoms with Crippen LogP contribution in [0.1, 0.15) is 57.8 Å². The van der Waals surface area contributed by atoms with E-state index in [1.807, 2.05) is 0 Å². The Bertz CT molecular complexity index is 361. The number of carbonyl (C=O) groups is 1. The summed E-state index contributed by atoms with van der Waals surface area (Å²) >= 11 is 6.24. The fourth-order valence-corrected chi connectivity index (χ4v) is 5.10. The van der Waals surface area contributed by atoms with E-state index >= 15 is 0 Å². The van der Waals surface area contributed by atoms with Crippen molar-refractivity contribution in [3.05, 3.63) is 0 Å². The van der Waals surface area contributed by atoms with Crippen molar-refractivity contribution in [3.8, 4) is 0 Å². The Morgan fingerprint density at radius 3 is 2.81 bits per heavy atom. The van der Waals surface area contributed by atoms with Crippen LogP contribution in [0.15, 0.2) is 0 Å². The zero-order valence-electron chi connectivity index (χ0n) is 13.0. The molecule has 0 spiro atoms. The summed E-state index contributed by atoms with van der Waals surface area (Å²) in [6.07, 6.45) is 10.5. The Morgan fingerprint density at radius 2 is 1.95 bits per heavy atom. The SMILES string of the molecule is O=C(CC1CCCC(Cl)C1)NC1CNCC2CCCCC21. The standard InChI is InChI=1S/C17H29ClN2O/c18-14-6-3-4-12(8-14)9-17(21)20-16-11-19-10-13-5-1-2-7-15(13)16/h12-16,19H,1-11H2,(H,20,21). The van der Waals surface area contributed by atoms with E-state index in [4.69, 9.17) is 11.6 Å². The number of alkyl halides is 1. The highest BCUT2D eigenvalue weighted by Gasteiger charge is 2.35. The van der Waals surface area contributed by atoms with Crippen molar-refractivity contribution in [1.29, 1.82) is 0 Å². The lowest BCUT2D eigenvalue weighted by molar-refractivity contribution is -0.123. The summed E-state index contributed by atoms with van der Waals surface area (Å²) in [5.41, 5.74) is 0. The van der Waals surface area contributed by atoms with Gasteiger partial charge in [0.25, 0.3) is 0 Å². The fraction of sp³-hybridized carbons (Fsp3) is 0.941. The number of piperidine rings is 1. The third-order valence-corrected chi connectivity index (χ3v) is 6.19. The average Bonchev–Trinajstić information content (AvgIpc) is 2.47. The van der Waals surface area contributed by atoms with Crippen LogP contribution >= 0.6 is 11.6 Å². The molecule has 4 heteroatoms. The van der Waals surface area contributed by atoms with Crippen LogP contribution in [-0.2, 0) is 4.79 Å². The van der Waals surface area contributed by atoms with Crippen molar-refractivity contribution in [2.24, 2.45) is 17.8 Å². The Kier molecular flexibility index (Phi) is 5.44. The molecule has 21 heavy (non-hydrogen) atoms. The van der Waals surface area contributed by atoms with Gasteiger partial charge in [-0.25, -0.2) is 0 Å². The summed E-state index contributed by atoms with van der Waals surface area (Å²) < 4.78 is 0. The van der Waals surface area contributed by atoms with Gasteiger partial charge >= 0.3 is 0 Å². The van der Waals surface area contributed by atoms with E-state index in [0.717, 1.165) is 31.8 Å². The summed E-state index contributed by atoms with van der Waals surface area (Å²) in [6, 6.07) is 0.354. The largest absolute Gasteiger partial charge is 0.352 e. The van der Waals surface area contributed by atoms with Crippen LogP contribution in [0.2, 0.25) is 0 Å². The predicted molar refractivity (Wildman–Crippen MR) is 86.5 cm³/mol. The second kappa shape index (κ2) is 7.32. The molecular formula is C17H29ClN2O. The second-order valence-electron chi connectivity index (χ2n) is 7.37. The molecule has 0 aromatic rings. The van der Waals surface area contributed by atoms with E-state index in [9.17, 15) is 4.79 Å². The molecule has 1 saturated heterocycles. The molecule has 0 radical (unpaired) electrons. The van der Waals surface area contributed by atoms with Crippen LogP contribution in [0, 0.1) is 17.8 Å². The van der Waals surface area contributed by atoms with Gasteiger partial charge in [-0.15, -0.1) is 11.6 Å². The minimum atomic E-state index is 0.254. The normalized spacial score (nSPS) is 40.3. The first-order chi connectivity index (χ1) is 10.2. The molecule has 1 heterocycles. The zero-order valence-corrected chi connectivity index (χ0v) is 13.7. The molecule has 5 atom stereocenters. The highest BCUT2D eigenvalue weighted by Crippen LogP contribution is 2.34. The molecule has 3 nitrogen and oxygen atoms in total. The fourth-order valence-electron chi connectivity index (χ4n) is 4.69. The first-order valence-electron chi connectivity index (χ1n) is 8.86. The molecule has 0 aromatic heterocycles. The number of hydrogen-bond donors (Lipinski definition) is 2. The van der Waals surface area contributed by atoms with Crippen molar-refractivity contribution in [1.82, 2.24) is 10.6 Å². The van der Waals surface area contributed by atoms with Gasteiger partial charge in [0.1, 0.15) is 0 Å². The van der Waals surface area contributed by atoms with Gasteiger partial charge in [-0.05, 0) is 56.4 Å². The molecule has 1 aliphatic heterocycles. The summed E-state index contributed by atoms with van der Waals surface area (Å²) in [5.74, 6) is 2.24. The molecule has 2 N–H and O–H groups in total. The van der Waals surface area contributed by atoms with Crippen LogP contribution in [0.5, 0.6) is 0 Å². The molecular weight excluding hydrogens is 284 g/mol. The van der Waals surface area contributed by atoms with Crippen molar-refractivity contribution in [2.75, 3.05) is 13.1 Å². The molecule has 5 unspecified atom stereocenters. The van der Waals surface area contributed by atoms with Gasteiger partial charge in [0.05, 0.1) is 0 Å². The molecule has 0 aromatic carbocycles. The Balaban J connectivity index is 1.49. The molecule has 3 rings (SSSR count). The van der Waals surface area contributed by atoms with Gasteiger partial charge in [0.15, 0.2) is 0 Å². The maximum absolute atomic E-state index is 12.4. The van der Waals surface area contributed by atoms with E-state index in [1.54, 1.807) is 0 Å². The van der Waals surface area contributed by atoms with E-state index < -0.39 is 0 Å². The monoisotopic (exact) mass is 312 g/mol. The van der Waals surface area contributed by atoms with Gasteiger partial charge < -0.3 is 10.6 Å². The first kappa shape index (κ1) is 15.6. The lowest BCUT2D eigenvalue weighted by Gasteiger charge is -2.42. The number of rotatable bonds is 3. The Morgan fingerprint density at radius 1 is 1.10 bits per heavy atom. The van der Waals surface area contributed by atoms with Gasteiger partial charge in [-0.1, -0.05) is 19.3 Å². The summed E-state index contributed by atoms with van der Waals surface area (Å²) in [6.45, 7) is 2.10. The van der Waals surface area contributed by atoms with Crippen LogP contribution in [0.3, 0.4) is 0 Å². The highest BCUT2D eigenvalue weighted by molar-refractivity contribution is 6.20. The second-order valence-corrected chi connectivity index (χ2v) is 7.99. The maximum Gasteiger partial charge on any atom is 0.220 e. The van der Waals surface area contributed by atoms with E-state index in [0.29, 0.717) is 24.3 Å². The summed E-state index contributed by atoms with van der Waals surface area (Å²) in [7, 11) is 0. The molecule has 3 aliphatic rings. The van der Waals surface area contributed by atoms with Crippen molar-refractivity contribution < 1.29 is 4.79 Å². The minimum absolute atomic E-state index is 0.254. The van der Waals surface area contributed by atoms with Gasteiger partial charge in [0.2, 0.25) is 5.91 Å². The van der Waals surface area contributed by atoms with Crippen molar-refractivity contribution in [2.45, 2.75) is 69.2 Å². The lowest BCUT2D eigenvalue weighted by Crippen LogP contribution is -2.55. The molecule has 2 saturated carbocycles. The summed E-state index contributed by atoms with van der Waals surface area (Å²) in [4.78, 5) is 12.4. The minimum Gasteiger partial charge on any atom is -0.352 e. The molecule has 0 bridgehead atoms. The van der Waals surface area contributed by atoms with Gasteiger partial charge in [-0.2, -0.15) is 0 Å². The Labute approximate surface area is 133 Å². The average molecular weight is 313 g/mol. The van der Waals surface area contributed by atoms with Crippen LogP contribution in [0.4, 0.5) is 0 Å². The van der Waals surface area contributed by atoms with Gasteiger partial charge in [-0.3, -0.25) is 4.79 Å². The van der Waals surface area contributed by atoms with Crippen LogP contribution in [0.25, 0.3) is 0 Å². The maximum atomic E-state index is 12.4. The molecule has 120 valence electrons. The number of halogens is 1. The number of nitrogens with one attached hydrogen (secondary N) is 2. The molecule has 3 fully saturated rings. The number of fused-ring (bicyclic) bond motifs is 1. The topological polar surface area (TPSA) is 41.1 Å². The molecule has 2 aliphatic carbocycles. The van der Waals surface area contributed by atoms with Gasteiger partial charge in [0, 0.05) is 24.4 Å². The van der Waals surface area contributed by atoms with E-state index in [-0.39, 0.29) is 11.3 Å². The highest BCUT2D eigenvalue weighted by atomic mass is 35.5.